The predicted octanol–water partition coefficient (Wildman–Crippen LogP) is 12.1. The predicted molar refractivity (Wildman–Crippen MR) is 310 cm³/mol. The molecule has 11 atom stereocenters. The number of ether oxygens (including phenoxy) is 10. The summed E-state index contributed by atoms with van der Waals surface area (Å²) in [7, 11) is 0. The molecule has 3 fully saturated rings. The van der Waals surface area contributed by atoms with Gasteiger partial charge in [0.2, 0.25) is 0 Å². The fraction of sp³-hybridized carbons (Fsp3) is 0.314. The van der Waals surface area contributed by atoms with Crippen LogP contribution in [0, 0.1) is 0 Å². The molecule has 0 aliphatic carbocycles. The van der Waals surface area contributed by atoms with E-state index in [-0.39, 0.29) is 25.3 Å². The maximum absolute atomic E-state index is 7.63. The summed E-state index contributed by atoms with van der Waals surface area (Å²) in [4.78, 5) is 2.45. The van der Waals surface area contributed by atoms with Crippen molar-refractivity contribution in [3.05, 3.63) is 287 Å². The van der Waals surface area contributed by atoms with E-state index in [1.807, 2.05) is 146 Å². The molecule has 418 valence electrons. The third kappa shape index (κ3) is 15.5. The van der Waals surface area contributed by atoms with Gasteiger partial charge >= 0.3 is 0 Å². The van der Waals surface area contributed by atoms with E-state index in [0.29, 0.717) is 59.4 Å². The molecule has 3 aliphatic rings. The molecule has 0 N–H and O–H groups in total. The van der Waals surface area contributed by atoms with Crippen LogP contribution in [0.3, 0.4) is 0 Å². The quantitative estimate of drug-likeness (QED) is 0.0469. The number of hydrogen-bond acceptors (Lipinski definition) is 11. The van der Waals surface area contributed by atoms with Crippen molar-refractivity contribution >= 4 is 0 Å². The first kappa shape index (κ1) is 56.2. The molecule has 0 saturated carbocycles. The minimum atomic E-state index is -0.981. The van der Waals surface area contributed by atoms with Crippen molar-refractivity contribution in [2.45, 2.75) is 120 Å². The second-order valence-electron chi connectivity index (χ2n) is 21.0. The maximum atomic E-state index is 7.63. The van der Waals surface area contributed by atoms with Crippen molar-refractivity contribution in [3.8, 4) is 0 Å². The highest BCUT2D eigenvalue weighted by atomic mass is 16.7. The number of hydrogen-bond donors (Lipinski definition) is 0. The molecule has 0 unspecified atom stereocenters. The van der Waals surface area contributed by atoms with Crippen LogP contribution >= 0.6 is 0 Å². The molecule has 8 aromatic rings. The van der Waals surface area contributed by atoms with Gasteiger partial charge in [0.25, 0.3) is 0 Å². The van der Waals surface area contributed by atoms with E-state index >= 15 is 0 Å². The Balaban J connectivity index is 0.969. The van der Waals surface area contributed by atoms with E-state index < -0.39 is 55.1 Å². The van der Waals surface area contributed by atoms with Crippen LogP contribution in [0.5, 0.6) is 0 Å². The fourth-order valence-corrected chi connectivity index (χ4v) is 11.3. The van der Waals surface area contributed by atoms with Crippen molar-refractivity contribution in [2.75, 3.05) is 19.8 Å². The summed E-state index contributed by atoms with van der Waals surface area (Å²) in [5.74, 6) is 0. The lowest BCUT2D eigenvalue weighted by molar-refractivity contribution is -0.340. The Bertz CT molecular complexity index is 3010. The van der Waals surface area contributed by atoms with Crippen LogP contribution in [-0.2, 0) is 100 Å². The Morgan fingerprint density at radius 2 is 0.617 bits per heavy atom. The van der Waals surface area contributed by atoms with Gasteiger partial charge in [-0.2, -0.15) is 0 Å². The van der Waals surface area contributed by atoms with Gasteiger partial charge in [-0.3, -0.25) is 4.90 Å². The first-order chi connectivity index (χ1) is 40.2. The summed E-state index contributed by atoms with van der Waals surface area (Å²) in [5.41, 5.74) is 8.33. The zero-order chi connectivity index (χ0) is 54.7. The van der Waals surface area contributed by atoms with Crippen LogP contribution < -0.4 is 0 Å². The average Bonchev–Trinajstić information content (AvgIpc) is 4.21. The zero-order valence-corrected chi connectivity index (χ0v) is 45.8. The molecule has 3 aliphatic heterocycles. The van der Waals surface area contributed by atoms with Crippen molar-refractivity contribution in [1.82, 2.24) is 4.90 Å². The minimum absolute atomic E-state index is 0.189. The van der Waals surface area contributed by atoms with Gasteiger partial charge in [-0.25, -0.2) is 0 Å². The smallest absolute Gasteiger partial charge is 0.187 e. The Hall–Kier alpha value is -6.68. The molecule has 8 aromatic carbocycles. The summed E-state index contributed by atoms with van der Waals surface area (Å²) in [6.45, 7) is 3.79. The van der Waals surface area contributed by atoms with Crippen molar-refractivity contribution in [1.29, 1.82) is 0 Å². The molecule has 0 bridgehead atoms. The van der Waals surface area contributed by atoms with E-state index in [2.05, 4.69) is 102 Å². The van der Waals surface area contributed by atoms with Crippen LogP contribution in [-0.4, -0.2) is 91.9 Å². The second-order valence-corrected chi connectivity index (χ2v) is 21.0. The molecular formula is C70H73NO10. The van der Waals surface area contributed by atoms with Crippen molar-refractivity contribution in [2.24, 2.45) is 0 Å². The normalized spacial score (nSPS) is 24.5. The highest BCUT2D eigenvalue weighted by Gasteiger charge is 2.61. The lowest BCUT2D eigenvalue weighted by Crippen LogP contribution is -2.62. The zero-order valence-electron chi connectivity index (χ0n) is 45.8. The second kappa shape index (κ2) is 29.3. The number of rotatable bonds is 28. The van der Waals surface area contributed by atoms with E-state index in [9.17, 15) is 0 Å². The monoisotopic (exact) mass is 1090 g/mol. The highest BCUT2D eigenvalue weighted by Crippen LogP contribution is 2.43. The van der Waals surface area contributed by atoms with Crippen LogP contribution in [0.25, 0.3) is 0 Å². The largest absolute Gasteiger partial charge is 0.375 e. The number of nitrogens with zero attached hydrogens (tertiary/aromatic N) is 1. The third-order valence-corrected chi connectivity index (χ3v) is 15.3. The summed E-state index contributed by atoms with van der Waals surface area (Å²) in [6, 6.07) is 81.3. The molecular weight excluding hydrogens is 1010 g/mol. The molecule has 0 amide bonds. The summed E-state index contributed by atoms with van der Waals surface area (Å²) < 4.78 is 71.3. The van der Waals surface area contributed by atoms with Crippen LogP contribution in [0.1, 0.15) is 44.5 Å². The van der Waals surface area contributed by atoms with Crippen molar-refractivity contribution < 1.29 is 47.4 Å². The molecule has 11 rings (SSSR count). The summed E-state index contributed by atoms with van der Waals surface area (Å²) in [5, 5.41) is 0. The van der Waals surface area contributed by atoms with Gasteiger partial charge in [-0.15, -0.1) is 0 Å². The molecule has 11 nitrogen and oxygen atoms in total. The Kier molecular flexibility index (Phi) is 20.4. The summed E-state index contributed by atoms with van der Waals surface area (Å²) in [6.07, 6.45) is -5.75. The van der Waals surface area contributed by atoms with Crippen molar-refractivity contribution in [3.63, 3.8) is 0 Å². The van der Waals surface area contributed by atoms with Crippen LogP contribution in [0.4, 0.5) is 0 Å². The van der Waals surface area contributed by atoms with Gasteiger partial charge in [0, 0.05) is 6.54 Å². The third-order valence-electron chi connectivity index (χ3n) is 15.3. The topological polar surface area (TPSA) is 95.5 Å². The Labute approximate surface area is 477 Å². The van der Waals surface area contributed by atoms with Gasteiger partial charge in [0.05, 0.1) is 78.2 Å². The lowest BCUT2D eigenvalue weighted by atomic mass is 9.97. The van der Waals surface area contributed by atoms with Gasteiger partial charge in [0.15, 0.2) is 6.29 Å². The number of fused-ring (bicyclic) bond motifs is 1. The number of benzene rings is 8. The molecule has 0 spiro atoms. The lowest BCUT2D eigenvalue weighted by Gasteiger charge is -2.46. The highest BCUT2D eigenvalue weighted by molar-refractivity contribution is 5.21. The molecule has 0 radical (unpaired) electrons. The Morgan fingerprint density at radius 1 is 0.309 bits per heavy atom. The van der Waals surface area contributed by atoms with E-state index in [0.717, 1.165) is 44.5 Å². The SMILES string of the molecule is c1ccc(COC[C@@H]2[C@@H](OCc3ccccc3)[C@H](OCc3ccccc3)[C@H]3[C@H](OCc4ccccc4)[C@@H](O[C@H]4O[C@H](COCc5ccccc5)[C@@H](OCc5ccccc5)[C@H](OCc5ccccc5)[C@H]4OCc4ccccc4)CN32)cc1. The van der Waals surface area contributed by atoms with Gasteiger partial charge < -0.3 is 47.4 Å². The van der Waals surface area contributed by atoms with Gasteiger partial charge in [-0.1, -0.05) is 243 Å². The van der Waals surface area contributed by atoms with Gasteiger partial charge in [0.1, 0.15) is 48.8 Å². The standard InChI is InChI=1S/C70H73NO10/c1-9-25-52(26-10-1)42-72-50-60-64(74-44-54-29-13-3-14-30-54)67(77-47-57-35-19-6-20-36-57)63-65(75-45-55-31-15-4-16-32-55)61(41-71(60)63)80-70-69(79-49-59-39-23-8-24-40-59)68(78-48-58-37-21-7-22-38-58)66(76-46-56-33-17-5-18-34-56)62(81-70)51-73-43-53-27-11-2-12-28-53/h1-40,60-70H,41-51H2/t60-,61+,62-,63-,64-,65-,66-,67-,68+,69-,70+/m1/s1. The van der Waals surface area contributed by atoms with Crippen LogP contribution in [0.15, 0.2) is 243 Å². The first-order valence-electron chi connectivity index (χ1n) is 28.4. The molecule has 11 heteroatoms. The van der Waals surface area contributed by atoms with E-state index in [4.69, 9.17) is 47.4 Å². The molecule has 3 saturated heterocycles. The van der Waals surface area contributed by atoms with Crippen LogP contribution in [0.2, 0.25) is 0 Å². The first-order valence-corrected chi connectivity index (χ1v) is 28.4. The molecule has 0 aromatic heterocycles. The van der Waals surface area contributed by atoms with E-state index in [1.165, 1.54) is 0 Å². The fourth-order valence-electron chi connectivity index (χ4n) is 11.3. The van der Waals surface area contributed by atoms with Gasteiger partial charge in [-0.05, 0) is 44.5 Å². The molecule has 81 heavy (non-hydrogen) atoms. The average molecular weight is 1090 g/mol. The maximum Gasteiger partial charge on any atom is 0.187 e. The molecule has 3 heterocycles. The Morgan fingerprint density at radius 3 is 1.01 bits per heavy atom. The minimum Gasteiger partial charge on any atom is -0.375 e. The summed E-state index contributed by atoms with van der Waals surface area (Å²) >= 11 is 0. The van der Waals surface area contributed by atoms with E-state index in [1.54, 1.807) is 0 Å².